The molecule has 0 saturated heterocycles. The summed E-state index contributed by atoms with van der Waals surface area (Å²) in [4.78, 5) is 34.2. The van der Waals surface area contributed by atoms with Gasteiger partial charge in [0.25, 0.3) is 0 Å². The first-order valence-corrected chi connectivity index (χ1v) is 6.00. The number of nitrogens with zero attached hydrogens (tertiary/aromatic N) is 1. The number of ketones is 1. The first-order chi connectivity index (χ1) is 9.71. The van der Waals surface area contributed by atoms with Gasteiger partial charge in [-0.3, -0.25) is 14.8 Å². The lowest BCUT2D eigenvalue weighted by Gasteiger charge is -2.34. The molecule has 0 aromatic heterocycles. The van der Waals surface area contributed by atoms with Gasteiger partial charge in [0.2, 0.25) is 5.54 Å². The van der Waals surface area contributed by atoms with Gasteiger partial charge in [-0.15, -0.1) is 0 Å². The van der Waals surface area contributed by atoms with E-state index in [1.165, 1.54) is 12.1 Å². The SMILES string of the molecule is C[C@](C(=O)O)(C(=O)[C@@H](N)CC(=O)O)N(O)c1ccccc1. The highest BCUT2D eigenvalue weighted by molar-refractivity contribution is 6.12. The van der Waals surface area contributed by atoms with Crippen molar-refractivity contribution in [2.45, 2.75) is 24.9 Å². The molecule has 1 aromatic rings. The Balaban J connectivity index is 3.17. The van der Waals surface area contributed by atoms with E-state index in [1.54, 1.807) is 18.2 Å². The molecular formula is C13H16N2O6. The number of para-hydroxylation sites is 1. The van der Waals surface area contributed by atoms with Gasteiger partial charge in [-0.25, -0.2) is 9.86 Å². The van der Waals surface area contributed by atoms with Crippen LogP contribution in [0, 0.1) is 0 Å². The van der Waals surface area contributed by atoms with Crippen molar-refractivity contribution in [3.05, 3.63) is 30.3 Å². The fourth-order valence-electron chi connectivity index (χ4n) is 1.77. The highest BCUT2D eigenvalue weighted by atomic mass is 16.5. The van der Waals surface area contributed by atoms with Crippen LogP contribution in [0.4, 0.5) is 5.69 Å². The molecule has 0 unspecified atom stereocenters. The smallest absolute Gasteiger partial charge is 0.339 e. The number of carbonyl (C=O) groups excluding carboxylic acids is 1. The van der Waals surface area contributed by atoms with Gasteiger partial charge in [0, 0.05) is 0 Å². The van der Waals surface area contributed by atoms with Gasteiger partial charge < -0.3 is 15.9 Å². The number of aliphatic carboxylic acids is 2. The summed E-state index contributed by atoms with van der Waals surface area (Å²) in [7, 11) is 0. The molecule has 0 aliphatic carbocycles. The van der Waals surface area contributed by atoms with Gasteiger partial charge in [0.15, 0.2) is 5.78 Å². The Kier molecular flexibility index (Phi) is 5.01. The molecule has 0 aliphatic rings. The molecule has 1 rings (SSSR count). The third-order valence-electron chi connectivity index (χ3n) is 3.05. The van der Waals surface area contributed by atoms with E-state index in [-0.39, 0.29) is 10.8 Å². The number of benzene rings is 1. The molecule has 0 radical (unpaired) electrons. The number of carbonyl (C=O) groups is 3. The first-order valence-electron chi connectivity index (χ1n) is 6.00. The Morgan fingerprint density at radius 1 is 1.24 bits per heavy atom. The maximum atomic E-state index is 12.2. The number of nitrogens with two attached hydrogens (primary N) is 1. The van der Waals surface area contributed by atoms with E-state index in [0.29, 0.717) is 0 Å². The second kappa shape index (κ2) is 6.33. The van der Waals surface area contributed by atoms with Gasteiger partial charge in [-0.05, 0) is 19.1 Å². The molecule has 8 nitrogen and oxygen atoms in total. The lowest BCUT2D eigenvalue weighted by atomic mass is 9.89. The van der Waals surface area contributed by atoms with Gasteiger partial charge in [-0.1, -0.05) is 18.2 Å². The van der Waals surface area contributed by atoms with Gasteiger partial charge in [0.05, 0.1) is 18.2 Å². The van der Waals surface area contributed by atoms with E-state index in [9.17, 15) is 24.7 Å². The normalized spacial score (nSPS) is 14.8. The number of Topliss-reactive ketones (excluding diaryl/α,β-unsaturated/α-hetero) is 1. The molecule has 21 heavy (non-hydrogen) atoms. The summed E-state index contributed by atoms with van der Waals surface area (Å²) in [6.45, 7) is 0.965. The highest BCUT2D eigenvalue weighted by Crippen LogP contribution is 2.24. The van der Waals surface area contributed by atoms with Crippen LogP contribution < -0.4 is 10.8 Å². The Morgan fingerprint density at radius 3 is 2.19 bits per heavy atom. The zero-order chi connectivity index (χ0) is 16.2. The van der Waals surface area contributed by atoms with Gasteiger partial charge in [-0.2, -0.15) is 0 Å². The van der Waals surface area contributed by atoms with Crippen molar-refractivity contribution < 1.29 is 29.8 Å². The van der Waals surface area contributed by atoms with Gasteiger partial charge >= 0.3 is 11.9 Å². The Bertz CT molecular complexity index is 547. The zero-order valence-corrected chi connectivity index (χ0v) is 11.3. The molecule has 114 valence electrons. The van der Waals surface area contributed by atoms with Crippen LogP contribution in [0.1, 0.15) is 13.3 Å². The van der Waals surface area contributed by atoms with Crippen molar-refractivity contribution in [2.75, 3.05) is 5.06 Å². The lowest BCUT2D eigenvalue weighted by molar-refractivity contribution is -0.152. The van der Waals surface area contributed by atoms with E-state index in [0.717, 1.165) is 6.92 Å². The number of hydroxylamine groups is 1. The lowest BCUT2D eigenvalue weighted by Crippen LogP contribution is -2.62. The molecule has 8 heteroatoms. The second-order valence-corrected chi connectivity index (χ2v) is 4.59. The molecule has 0 aliphatic heterocycles. The van der Waals surface area contributed by atoms with Crippen LogP contribution >= 0.6 is 0 Å². The van der Waals surface area contributed by atoms with E-state index < -0.39 is 35.7 Å². The topological polar surface area (TPSA) is 141 Å². The molecule has 1 aromatic carbocycles. The Morgan fingerprint density at radius 2 is 1.76 bits per heavy atom. The minimum Gasteiger partial charge on any atom is -0.481 e. The van der Waals surface area contributed by atoms with Gasteiger partial charge in [0.1, 0.15) is 0 Å². The predicted molar refractivity (Wildman–Crippen MR) is 72.0 cm³/mol. The van der Waals surface area contributed by atoms with Crippen molar-refractivity contribution >= 4 is 23.4 Å². The van der Waals surface area contributed by atoms with Crippen LogP contribution in [0.15, 0.2) is 30.3 Å². The van der Waals surface area contributed by atoms with Crippen molar-refractivity contribution in [3.8, 4) is 0 Å². The first kappa shape index (κ1) is 16.6. The summed E-state index contributed by atoms with van der Waals surface area (Å²) >= 11 is 0. The minimum absolute atomic E-state index is 0.0678. The average molecular weight is 296 g/mol. The third-order valence-corrected chi connectivity index (χ3v) is 3.05. The van der Waals surface area contributed by atoms with E-state index in [1.807, 2.05) is 0 Å². The summed E-state index contributed by atoms with van der Waals surface area (Å²) in [6, 6.07) is 5.98. The van der Waals surface area contributed by atoms with E-state index >= 15 is 0 Å². The molecule has 0 fully saturated rings. The summed E-state index contributed by atoms with van der Waals surface area (Å²) in [5.74, 6) is -4.09. The summed E-state index contributed by atoms with van der Waals surface area (Å²) in [6.07, 6.45) is -0.732. The molecule has 0 saturated carbocycles. The summed E-state index contributed by atoms with van der Waals surface area (Å²) in [5.41, 5.74) is 3.10. The molecule has 0 amide bonds. The van der Waals surface area contributed by atoms with Crippen LogP contribution in [0.5, 0.6) is 0 Å². The highest BCUT2D eigenvalue weighted by Gasteiger charge is 2.49. The van der Waals surface area contributed by atoms with Crippen molar-refractivity contribution in [1.82, 2.24) is 0 Å². The average Bonchev–Trinajstić information content (AvgIpc) is 2.44. The Labute approximate surface area is 120 Å². The fourth-order valence-corrected chi connectivity index (χ4v) is 1.77. The standard InChI is InChI=1S/C13H16N2O6/c1-13(12(19)20,11(18)9(14)7-10(16)17)15(21)8-5-3-2-4-6-8/h2-6,9,21H,7,14H2,1H3,(H,16,17)(H,19,20)/t9-,13+/m0/s1. The predicted octanol–water partition coefficient (Wildman–Crippen LogP) is 0.0966. The maximum Gasteiger partial charge on any atom is 0.339 e. The number of rotatable bonds is 7. The van der Waals surface area contributed by atoms with Crippen LogP contribution in [0.3, 0.4) is 0 Å². The van der Waals surface area contributed by atoms with E-state index in [4.69, 9.17) is 10.8 Å². The molecule has 5 N–H and O–H groups in total. The largest absolute Gasteiger partial charge is 0.481 e. The number of carboxylic acids is 2. The summed E-state index contributed by atoms with van der Waals surface area (Å²) in [5, 5.41) is 28.3. The van der Waals surface area contributed by atoms with Crippen molar-refractivity contribution in [1.29, 1.82) is 0 Å². The van der Waals surface area contributed by atoms with Crippen LogP contribution in [-0.2, 0) is 14.4 Å². The molecule has 0 heterocycles. The fraction of sp³-hybridized carbons (Fsp3) is 0.308. The molecular weight excluding hydrogens is 280 g/mol. The quantitative estimate of drug-likeness (QED) is 0.410. The van der Waals surface area contributed by atoms with Crippen LogP contribution in [0.25, 0.3) is 0 Å². The molecule has 0 bridgehead atoms. The van der Waals surface area contributed by atoms with Crippen molar-refractivity contribution in [2.24, 2.45) is 5.73 Å². The number of carboxylic acid groups (broad SMARTS) is 2. The number of hydrogen-bond acceptors (Lipinski definition) is 6. The molecule has 0 spiro atoms. The third kappa shape index (κ3) is 3.36. The summed E-state index contributed by atoms with van der Waals surface area (Å²) < 4.78 is 0. The zero-order valence-electron chi connectivity index (χ0n) is 11.3. The van der Waals surface area contributed by atoms with E-state index in [2.05, 4.69) is 0 Å². The number of anilines is 1. The second-order valence-electron chi connectivity index (χ2n) is 4.59. The van der Waals surface area contributed by atoms with Crippen LogP contribution in [0.2, 0.25) is 0 Å². The molecule has 2 atom stereocenters. The number of hydrogen-bond donors (Lipinski definition) is 4. The Hall–Kier alpha value is -2.45. The minimum atomic E-state index is -2.39. The van der Waals surface area contributed by atoms with Crippen molar-refractivity contribution in [3.63, 3.8) is 0 Å². The maximum absolute atomic E-state index is 12.2. The monoisotopic (exact) mass is 296 g/mol. The van der Waals surface area contributed by atoms with Crippen LogP contribution in [-0.4, -0.2) is 44.7 Å².